The molecule has 0 aliphatic rings. The standard InChI is InChI=1S/C27H30ClN3O4S/c1-4-24(27(33)29-3)30(18-21-12-10-11-20(2)17-21)26(32)19-31(25-16-9-8-15-23(25)28)36(34,35)22-13-6-5-7-14-22/h5-17,24H,4,18-19H2,1-3H3,(H,29,33). The average Bonchev–Trinajstić information content (AvgIpc) is 2.87. The molecule has 36 heavy (non-hydrogen) atoms. The van der Waals surface area contributed by atoms with Gasteiger partial charge in [0.1, 0.15) is 12.6 Å². The molecular formula is C27H30ClN3O4S. The zero-order chi connectivity index (χ0) is 26.3. The van der Waals surface area contributed by atoms with Crippen LogP contribution in [0.2, 0.25) is 5.02 Å². The number of amides is 2. The molecule has 0 spiro atoms. The Labute approximate surface area is 217 Å². The van der Waals surface area contributed by atoms with Gasteiger partial charge in [-0.1, -0.05) is 78.7 Å². The van der Waals surface area contributed by atoms with Crippen molar-refractivity contribution in [2.24, 2.45) is 0 Å². The number of rotatable bonds is 10. The minimum Gasteiger partial charge on any atom is -0.357 e. The van der Waals surface area contributed by atoms with Crippen LogP contribution in [0.4, 0.5) is 5.69 Å². The predicted octanol–water partition coefficient (Wildman–Crippen LogP) is 4.40. The molecule has 0 radical (unpaired) electrons. The van der Waals surface area contributed by atoms with Crippen molar-refractivity contribution in [3.05, 3.63) is 95.0 Å². The molecular weight excluding hydrogens is 498 g/mol. The van der Waals surface area contributed by atoms with Crippen LogP contribution >= 0.6 is 11.6 Å². The van der Waals surface area contributed by atoms with Crippen LogP contribution in [0.3, 0.4) is 0 Å². The zero-order valence-electron chi connectivity index (χ0n) is 20.5. The summed E-state index contributed by atoms with van der Waals surface area (Å²) in [5.74, 6) is -0.847. The van der Waals surface area contributed by atoms with Crippen LogP contribution in [-0.2, 0) is 26.2 Å². The van der Waals surface area contributed by atoms with Crippen molar-refractivity contribution in [3.63, 3.8) is 0 Å². The molecule has 0 saturated heterocycles. The van der Waals surface area contributed by atoms with E-state index in [0.29, 0.717) is 6.42 Å². The van der Waals surface area contributed by atoms with Gasteiger partial charge in [-0.2, -0.15) is 0 Å². The first kappa shape index (κ1) is 27.2. The summed E-state index contributed by atoms with van der Waals surface area (Å²) in [7, 11) is -2.63. The number of aryl methyl sites for hydroxylation is 1. The molecule has 0 heterocycles. The molecule has 3 aromatic carbocycles. The van der Waals surface area contributed by atoms with E-state index < -0.39 is 28.5 Å². The van der Waals surface area contributed by atoms with Gasteiger partial charge in [0.05, 0.1) is 15.6 Å². The second kappa shape index (κ2) is 12.1. The van der Waals surface area contributed by atoms with Crippen molar-refractivity contribution < 1.29 is 18.0 Å². The summed E-state index contributed by atoms with van der Waals surface area (Å²) in [5, 5.41) is 2.80. The first-order valence-electron chi connectivity index (χ1n) is 11.6. The molecule has 190 valence electrons. The van der Waals surface area contributed by atoms with Crippen LogP contribution in [0.15, 0.2) is 83.8 Å². The van der Waals surface area contributed by atoms with Crippen LogP contribution < -0.4 is 9.62 Å². The fourth-order valence-electron chi connectivity index (χ4n) is 3.98. The summed E-state index contributed by atoms with van der Waals surface area (Å²) < 4.78 is 28.4. The number of carbonyl (C=O) groups is 2. The molecule has 1 N–H and O–H groups in total. The summed E-state index contributed by atoms with van der Waals surface area (Å²) >= 11 is 6.39. The van der Waals surface area contributed by atoms with Gasteiger partial charge in [0, 0.05) is 13.6 Å². The van der Waals surface area contributed by atoms with Gasteiger partial charge in [-0.25, -0.2) is 8.42 Å². The number of nitrogens with one attached hydrogen (secondary N) is 1. The first-order valence-corrected chi connectivity index (χ1v) is 13.4. The molecule has 0 bridgehead atoms. The summed E-state index contributed by atoms with van der Waals surface area (Å²) in [6, 6.07) is 21.2. The van der Waals surface area contributed by atoms with Crippen molar-refractivity contribution in [1.82, 2.24) is 10.2 Å². The van der Waals surface area contributed by atoms with Crippen LogP contribution in [0, 0.1) is 6.92 Å². The van der Waals surface area contributed by atoms with Gasteiger partial charge in [-0.15, -0.1) is 0 Å². The lowest BCUT2D eigenvalue weighted by molar-refractivity contribution is -0.140. The quantitative estimate of drug-likeness (QED) is 0.423. The SMILES string of the molecule is CCC(C(=O)NC)N(Cc1cccc(C)c1)C(=O)CN(c1ccccc1Cl)S(=O)(=O)c1ccccc1. The highest BCUT2D eigenvalue weighted by Crippen LogP contribution is 2.30. The number of hydrogen-bond donors (Lipinski definition) is 1. The van der Waals surface area contributed by atoms with Crippen molar-refractivity contribution in [1.29, 1.82) is 0 Å². The molecule has 1 atom stereocenters. The highest BCUT2D eigenvalue weighted by atomic mass is 35.5. The Morgan fingerprint density at radius 1 is 0.972 bits per heavy atom. The molecule has 7 nitrogen and oxygen atoms in total. The van der Waals surface area contributed by atoms with Gasteiger partial charge >= 0.3 is 0 Å². The Hall–Kier alpha value is -3.36. The second-order valence-electron chi connectivity index (χ2n) is 8.33. The van der Waals surface area contributed by atoms with Gasteiger partial charge in [0.15, 0.2) is 0 Å². The number of anilines is 1. The average molecular weight is 528 g/mol. The van der Waals surface area contributed by atoms with Crippen LogP contribution in [0.25, 0.3) is 0 Å². The van der Waals surface area contributed by atoms with E-state index in [1.807, 2.05) is 38.1 Å². The van der Waals surface area contributed by atoms with Crippen LogP contribution in [0.1, 0.15) is 24.5 Å². The normalized spacial score (nSPS) is 12.0. The number of nitrogens with zero attached hydrogens (tertiary/aromatic N) is 2. The molecule has 3 rings (SSSR count). The largest absolute Gasteiger partial charge is 0.357 e. The highest BCUT2D eigenvalue weighted by Gasteiger charge is 2.34. The summed E-state index contributed by atoms with van der Waals surface area (Å²) in [6.07, 6.45) is 0.356. The molecule has 0 fully saturated rings. The van der Waals surface area contributed by atoms with E-state index in [2.05, 4.69) is 5.32 Å². The molecule has 3 aromatic rings. The second-order valence-corrected chi connectivity index (χ2v) is 10.6. The Kier molecular flexibility index (Phi) is 9.12. The molecule has 2 amide bonds. The Balaban J connectivity index is 2.06. The van der Waals surface area contributed by atoms with E-state index >= 15 is 0 Å². The first-order chi connectivity index (χ1) is 17.2. The van der Waals surface area contributed by atoms with Gasteiger partial charge < -0.3 is 10.2 Å². The number of carbonyl (C=O) groups excluding carboxylic acids is 2. The minimum absolute atomic E-state index is 0.0290. The zero-order valence-corrected chi connectivity index (χ0v) is 22.1. The highest BCUT2D eigenvalue weighted by molar-refractivity contribution is 7.92. The summed E-state index contributed by atoms with van der Waals surface area (Å²) in [5.41, 5.74) is 2.03. The topological polar surface area (TPSA) is 86.8 Å². The van der Waals surface area contributed by atoms with Crippen molar-refractivity contribution >= 4 is 39.1 Å². The summed E-state index contributed by atoms with van der Waals surface area (Å²) in [6.45, 7) is 3.37. The van der Waals surface area contributed by atoms with Gasteiger partial charge in [-0.05, 0) is 43.2 Å². The van der Waals surface area contributed by atoms with E-state index in [1.165, 1.54) is 24.1 Å². The minimum atomic E-state index is -4.14. The monoisotopic (exact) mass is 527 g/mol. The third-order valence-electron chi connectivity index (χ3n) is 5.80. The van der Waals surface area contributed by atoms with E-state index in [4.69, 9.17) is 11.6 Å². The number of halogens is 1. The van der Waals surface area contributed by atoms with Crippen molar-refractivity contribution in [2.75, 3.05) is 17.9 Å². The van der Waals surface area contributed by atoms with Gasteiger partial charge in [-0.3, -0.25) is 13.9 Å². The molecule has 0 aliphatic carbocycles. The third-order valence-corrected chi connectivity index (χ3v) is 7.89. The number of para-hydroxylation sites is 1. The molecule has 0 saturated carbocycles. The van der Waals surface area contributed by atoms with E-state index in [-0.39, 0.29) is 28.1 Å². The number of likely N-dealkylation sites (N-methyl/N-ethyl adjacent to an activating group) is 1. The van der Waals surface area contributed by atoms with E-state index in [0.717, 1.165) is 15.4 Å². The molecule has 0 aromatic heterocycles. The number of benzene rings is 3. The maximum Gasteiger partial charge on any atom is 0.264 e. The van der Waals surface area contributed by atoms with Gasteiger partial charge in [0.2, 0.25) is 11.8 Å². The van der Waals surface area contributed by atoms with E-state index in [9.17, 15) is 18.0 Å². The summed E-state index contributed by atoms with van der Waals surface area (Å²) in [4.78, 5) is 28.0. The van der Waals surface area contributed by atoms with Gasteiger partial charge in [0.25, 0.3) is 10.0 Å². The lowest BCUT2D eigenvalue weighted by Crippen LogP contribution is -2.51. The smallest absolute Gasteiger partial charge is 0.264 e. The maximum atomic E-state index is 13.8. The van der Waals surface area contributed by atoms with Crippen molar-refractivity contribution in [3.8, 4) is 0 Å². The number of hydrogen-bond acceptors (Lipinski definition) is 4. The Morgan fingerprint density at radius 3 is 2.25 bits per heavy atom. The third kappa shape index (κ3) is 6.25. The Morgan fingerprint density at radius 2 is 1.64 bits per heavy atom. The van der Waals surface area contributed by atoms with Crippen LogP contribution in [0.5, 0.6) is 0 Å². The van der Waals surface area contributed by atoms with Crippen molar-refractivity contribution in [2.45, 2.75) is 37.8 Å². The molecule has 0 aliphatic heterocycles. The Bertz CT molecular complexity index is 1320. The van der Waals surface area contributed by atoms with E-state index in [1.54, 1.807) is 42.5 Å². The fraction of sp³-hybridized carbons (Fsp3) is 0.259. The maximum absolute atomic E-state index is 13.8. The molecule has 9 heteroatoms. The predicted molar refractivity (Wildman–Crippen MR) is 142 cm³/mol. The fourth-order valence-corrected chi connectivity index (χ4v) is 5.72. The lowest BCUT2D eigenvalue weighted by Gasteiger charge is -2.33. The molecule has 1 unspecified atom stereocenters. The van der Waals surface area contributed by atoms with Crippen LogP contribution in [-0.4, -0.2) is 44.8 Å². The lowest BCUT2D eigenvalue weighted by atomic mass is 10.1. The number of sulfonamides is 1.